The Morgan fingerprint density at radius 1 is 0.438 bits per heavy atom. The molecule has 0 rings (SSSR count). The van der Waals surface area contributed by atoms with Gasteiger partial charge in [0.1, 0.15) is 12.2 Å². The fourth-order valence-electron chi connectivity index (χ4n) is 6.88. The summed E-state index contributed by atoms with van der Waals surface area (Å²) in [6, 6.07) is -0.978. The Morgan fingerprint density at radius 3 is 1.00 bits per heavy atom. The van der Waals surface area contributed by atoms with Crippen molar-refractivity contribution in [2.24, 2.45) is 0 Å². The molecule has 1 amide bonds. The van der Waals surface area contributed by atoms with Crippen LogP contribution in [-0.2, 0) is 4.79 Å². The van der Waals surface area contributed by atoms with E-state index in [1.54, 1.807) is 0 Å². The van der Waals surface area contributed by atoms with E-state index in [0.29, 0.717) is 12.8 Å². The molecule has 0 saturated heterocycles. The maximum Gasteiger partial charge on any atom is 0.249 e. The van der Waals surface area contributed by atoms with E-state index in [2.05, 4.69) is 19.2 Å². The van der Waals surface area contributed by atoms with Crippen molar-refractivity contribution in [2.45, 2.75) is 257 Å². The molecule has 5 N–H and O–H groups in total. The average Bonchev–Trinajstić information content (AvgIpc) is 3.09. The van der Waals surface area contributed by atoms with E-state index in [0.717, 1.165) is 38.5 Å². The van der Waals surface area contributed by atoms with Crippen LogP contribution in [0.3, 0.4) is 0 Å². The summed E-state index contributed by atoms with van der Waals surface area (Å²) >= 11 is 0. The lowest BCUT2D eigenvalue weighted by molar-refractivity contribution is -0.132. The summed E-state index contributed by atoms with van der Waals surface area (Å²) < 4.78 is 0. The van der Waals surface area contributed by atoms with Gasteiger partial charge >= 0.3 is 0 Å². The van der Waals surface area contributed by atoms with Crippen molar-refractivity contribution in [1.82, 2.24) is 5.32 Å². The van der Waals surface area contributed by atoms with E-state index in [1.807, 2.05) is 0 Å². The van der Waals surface area contributed by atoms with Crippen molar-refractivity contribution in [3.63, 3.8) is 0 Å². The molecular weight excluding hydrogens is 598 g/mol. The van der Waals surface area contributed by atoms with Crippen molar-refractivity contribution in [3.8, 4) is 0 Å². The first-order valence-electron chi connectivity index (χ1n) is 21.4. The molecule has 6 nitrogen and oxygen atoms in total. The quantitative estimate of drug-likeness (QED) is 0.0414. The monoisotopic (exact) mass is 684 g/mol. The number of aliphatic hydroxyl groups excluding tert-OH is 4. The van der Waals surface area contributed by atoms with E-state index in [-0.39, 0.29) is 0 Å². The molecule has 0 aromatic heterocycles. The third-order valence-corrected chi connectivity index (χ3v) is 10.3. The number of unbranched alkanes of at least 4 members (excludes halogenated alkanes) is 30. The third-order valence-electron chi connectivity index (χ3n) is 10.3. The summed E-state index contributed by atoms with van der Waals surface area (Å²) in [6.07, 6.45) is 38.4. The normalized spacial score (nSPS) is 14.2. The maximum atomic E-state index is 12.5. The van der Waals surface area contributed by atoms with Crippen LogP contribution in [0.2, 0.25) is 0 Å². The van der Waals surface area contributed by atoms with Crippen molar-refractivity contribution in [1.29, 1.82) is 0 Å². The standard InChI is InChI=1S/C42H85NO5/c1-3-5-7-9-11-13-15-17-19-20-21-22-24-26-28-30-32-34-36-40(46)42(48)43-38(37-44)41(47)39(45)35-33-31-29-27-25-23-18-16-14-12-10-8-6-4-2/h38-41,44-47H,3-37H2,1-2H3,(H,43,48)/t38-,39+,40?,41-/m0/s1. The number of amides is 1. The van der Waals surface area contributed by atoms with E-state index >= 15 is 0 Å². The molecule has 0 aliphatic heterocycles. The lowest BCUT2D eigenvalue weighted by atomic mass is 9.99. The maximum absolute atomic E-state index is 12.5. The fourth-order valence-corrected chi connectivity index (χ4v) is 6.88. The van der Waals surface area contributed by atoms with Crippen molar-refractivity contribution >= 4 is 5.91 Å². The Bertz CT molecular complexity index is 648. The Balaban J connectivity index is 3.71. The predicted molar refractivity (Wildman–Crippen MR) is 205 cm³/mol. The van der Waals surface area contributed by atoms with Crippen molar-refractivity contribution in [3.05, 3.63) is 0 Å². The average molecular weight is 684 g/mol. The first kappa shape index (κ1) is 47.3. The van der Waals surface area contributed by atoms with Crippen molar-refractivity contribution in [2.75, 3.05) is 6.61 Å². The van der Waals surface area contributed by atoms with Gasteiger partial charge in [-0.15, -0.1) is 0 Å². The van der Waals surface area contributed by atoms with Gasteiger partial charge in [0.15, 0.2) is 0 Å². The summed E-state index contributed by atoms with van der Waals surface area (Å²) in [5.74, 6) is -0.580. The lowest BCUT2D eigenvalue weighted by Crippen LogP contribution is -2.53. The first-order chi connectivity index (χ1) is 23.5. The first-order valence-corrected chi connectivity index (χ1v) is 21.4. The molecule has 0 aromatic rings. The zero-order chi connectivity index (χ0) is 35.3. The summed E-state index contributed by atoms with van der Waals surface area (Å²) in [7, 11) is 0. The molecule has 4 atom stereocenters. The largest absolute Gasteiger partial charge is 0.394 e. The molecule has 0 saturated carbocycles. The van der Waals surface area contributed by atoms with Gasteiger partial charge in [-0.05, 0) is 12.8 Å². The van der Waals surface area contributed by atoms with Crippen LogP contribution in [0.15, 0.2) is 0 Å². The van der Waals surface area contributed by atoms with Gasteiger partial charge in [-0.3, -0.25) is 4.79 Å². The summed E-state index contributed by atoms with van der Waals surface area (Å²) in [5, 5.41) is 43.6. The minimum atomic E-state index is -1.25. The molecule has 1 unspecified atom stereocenters. The van der Waals surface area contributed by atoms with Gasteiger partial charge in [-0.2, -0.15) is 0 Å². The van der Waals surface area contributed by atoms with Crippen LogP contribution in [-0.4, -0.2) is 57.3 Å². The summed E-state index contributed by atoms with van der Waals surface area (Å²) in [4.78, 5) is 12.5. The molecule has 0 heterocycles. The van der Waals surface area contributed by atoms with Gasteiger partial charge < -0.3 is 25.7 Å². The second-order valence-corrected chi connectivity index (χ2v) is 15.1. The molecule has 6 heteroatoms. The summed E-state index contributed by atoms with van der Waals surface area (Å²) in [6.45, 7) is 4.06. The number of nitrogens with one attached hydrogen (secondary N) is 1. The molecule has 0 aromatic carbocycles. The van der Waals surface area contributed by atoms with Gasteiger partial charge in [0.05, 0.1) is 18.8 Å². The predicted octanol–water partition coefficient (Wildman–Crippen LogP) is 10.8. The number of rotatable bonds is 39. The van der Waals surface area contributed by atoms with Gasteiger partial charge in [-0.25, -0.2) is 0 Å². The molecule has 0 aliphatic rings. The number of carbonyl (C=O) groups is 1. The minimum Gasteiger partial charge on any atom is -0.394 e. The molecular formula is C42H85NO5. The Hall–Kier alpha value is -0.690. The second-order valence-electron chi connectivity index (χ2n) is 15.1. The molecule has 0 aliphatic carbocycles. The lowest BCUT2D eigenvalue weighted by Gasteiger charge is -2.27. The number of hydrogen-bond donors (Lipinski definition) is 5. The van der Waals surface area contributed by atoms with Crippen LogP contribution in [0.4, 0.5) is 0 Å². The van der Waals surface area contributed by atoms with Gasteiger partial charge in [0.2, 0.25) is 5.91 Å². The van der Waals surface area contributed by atoms with Crippen molar-refractivity contribution < 1.29 is 25.2 Å². The number of hydrogen-bond acceptors (Lipinski definition) is 5. The fraction of sp³-hybridized carbons (Fsp3) is 0.976. The van der Waals surface area contributed by atoms with Gasteiger partial charge in [0.25, 0.3) is 0 Å². The zero-order valence-corrected chi connectivity index (χ0v) is 32.3. The topological polar surface area (TPSA) is 110 Å². The Morgan fingerprint density at radius 2 is 0.708 bits per heavy atom. The molecule has 0 spiro atoms. The minimum absolute atomic E-state index is 0.375. The highest BCUT2D eigenvalue weighted by Gasteiger charge is 2.28. The molecule has 0 bridgehead atoms. The van der Waals surface area contributed by atoms with E-state index in [4.69, 9.17) is 0 Å². The van der Waals surface area contributed by atoms with Crippen LogP contribution in [0.5, 0.6) is 0 Å². The molecule has 288 valence electrons. The van der Waals surface area contributed by atoms with E-state index in [1.165, 1.54) is 167 Å². The molecule has 48 heavy (non-hydrogen) atoms. The highest BCUT2D eigenvalue weighted by molar-refractivity contribution is 5.80. The van der Waals surface area contributed by atoms with Crippen LogP contribution in [0.1, 0.15) is 232 Å². The highest BCUT2D eigenvalue weighted by Crippen LogP contribution is 2.17. The van der Waals surface area contributed by atoms with Gasteiger partial charge in [0, 0.05) is 0 Å². The Kier molecular flexibility index (Phi) is 37.0. The van der Waals surface area contributed by atoms with Crippen LogP contribution >= 0.6 is 0 Å². The number of carbonyl (C=O) groups excluding carboxylic acids is 1. The van der Waals surface area contributed by atoms with Crippen LogP contribution in [0, 0.1) is 0 Å². The SMILES string of the molecule is CCCCCCCCCCCCCCCCCCCCC(O)C(=O)N[C@@H](CO)[C@H](O)[C@H](O)CCCCCCCCCCCCCCCC. The molecule has 0 radical (unpaired) electrons. The van der Waals surface area contributed by atoms with Crippen LogP contribution < -0.4 is 5.32 Å². The van der Waals surface area contributed by atoms with Crippen LogP contribution in [0.25, 0.3) is 0 Å². The number of aliphatic hydroxyl groups is 4. The van der Waals surface area contributed by atoms with E-state index < -0.39 is 36.9 Å². The smallest absolute Gasteiger partial charge is 0.249 e. The summed E-state index contributed by atoms with van der Waals surface area (Å²) in [5.41, 5.74) is 0. The third kappa shape index (κ3) is 31.3. The highest BCUT2D eigenvalue weighted by atomic mass is 16.3. The Labute approximate surface area is 299 Å². The zero-order valence-electron chi connectivity index (χ0n) is 32.3. The molecule has 0 fully saturated rings. The second kappa shape index (κ2) is 37.6. The van der Waals surface area contributed by atoms with Gasteiger partial charge in [-0.1, -0.05) is 219 Å². The van der Waals surface area contributed by atoms with E-state index in [9.17, 15) is 25.2 Å².